The van der Waals surface area contributed by atoms with Gasteiger partial charge in [-0.25, -0.2) is 0 Å². The third-order valence-corrected chi connectivity index (χ3v) is 5.83. The molecule has 2 saturated heterocycles. The summed E-state index contributed by atoms with van der Waals surface area (Å²) >= 11 is 0. The fourth-order valence-corrected chi connectivity index (χ4v) is 4.58. The van der Waals surface area contributed by atoms with Crippen molar-refractivity contribution in [3.05, 3.63) is 0 Å². The van der Waals surface area contributed by atoms with Crippen molar-refractivity contribution in [3.8, 4) is 0 Å². The molecule has 3 aliphatic rings. The van der Waals surface area contributed by atoms with E-state index in [0.717, 1.165) is 12.6 Å². The highest BCUT2D eigenvalue weighted by atomic mass is 15.3. The first-order chi connectivity index (χ1) is 9.31. The molecule has 0 radical (unpaired) electrons. The average Bonchev–Trinajstić information content (AvgIpc) is 2.77. The molecular weight excluding hydrogens is 234 g/mol. The van der Waals surface area contributed by atoms with Crippen molar-refractivity contribution in [2.45, 2.75) is 57.4 Å². The Morgan fingerprint density at radius 2 is 1.74 bits per heavy atom. The van der Waals surface area contributed by atoms with Crippen LogP contribution >= 0.6 is 0 Å². The van der Waals surface area contributed by atoms with Crippen molar-refractivity contribution in [3.63, 3.8) is 0 Å². The summed E-state index contributed by atoms with van der Waals surface area (Å²) in [6.07, 6.45) is 11.2. The van der Waals surface area contributed by atoms with Gasteiger partial charge in [0, 0.05) is 32.2 Å². The third kappa shape index (κ3) is 3.14. The molecule has 2 N–H and O–H groups in total. The highest BCUT2D eigenvalue weighted by molar-refractivity contribution is 4.91. The summed E-state index contributed by atoms with van der Waals surface area (Å²) in [4.78, 5) is 5.45. The molecule has 3 fully saturated rings. The highest BCUT2D eigenvalue weighted by Gasteiger charge is 2.36. The van der Waals surface area contributed by atoms with Gasteiger partial charge in [-0.1, -0.05) is 25.7 Å². The summed E-state index contributed by atoms with van der Waals surface area (Å²) in [5.41, 5.74) is 6.64. The summed E-state index contributed by atoms with van der Waals surface area (Å²) in [5.74, 6) is 0. The maximum absolute atomic E-state index is 6.19. The Balaban J connectivity index is 1.59. The van der Waals surface area contributed by atoms with Gasteiger partial charge in [0.05, 0.1) is 0 Å². The van der Waals surface area contributed by atoms with Crippen molar-refractivity contribution < 1.29 is 0 Å². The second-order valence-electron chi connectivity index (χ2n) is 7.19. The van der Waals surface area contributed by atoms with Crippen molar-refractivity contribution in [2.75, 3.05) is 39.3 Å². The molecule has 3 nitrogen and oxygen atoms in total. The second-order valence-corrected chi connectivity index (χ2v) is 7.19. The number of rotatable bonds is 3. The van der Waals surface area contributed by atoms with Crippen molar-refractivity contribution in [1.82, 2.24) is 9.80 Å². The molecule has 1 aliphatic carbocycles. The van der Waals surface area contributed by atoms with Crippen molar-refractivity contribution >= 4 is 0 Å². The molecule has 0 aromatic rings. The Bertz CT molecular complexity index is 284. The van der Waals surface area contributed by atoms with Crippen LogP contribution in [0.3, 0.4) is 0 Å². The minimum atomic E-state index is 0.442. The van der Waals surface area contributed by atoms with E-state index in [4.69, 9.17) is 5.73 Å². The number of nitrogens with two attached hydrogens (primary N) is 1. The third-order valence-electron chi connectivity index (χ3n) is 5.83. The zero-order chi connectivity index (χ0) is 13.1. The Hall–Kier alpha value is -0.120. The first-order valence-corrected chi connectivity index (χ1v) is 8.48. The zero-order valence-electron chi connectivity index (χ0n) is 12.4. The van der Waals surface area contributed by atoms with E-state index in [1.54, 1.807) is 0 Å². The Morgan fingerprint density at radius 3 is 2.47 bits per heavy atom. The molecule has 0 spiro atoms. The maximum Gasteiger partial charge on any atom is 0.0224 e. The summed E-state index contributed by atoms with van der Waals surface area (Å²) in [5, 5.41) is 0. The number of hydrogen-bond donors (Lipinski definition) is 1. The Kier molecular flexibility index (Phi) is 4.45. The minimum absolute atomic E-state index is 0.442. The van der Waals surface area contributed by atoms with Gasteiger partial charge in [-0.2, -0.15) is 0 Å². The fraction of sp³-hybridized carbons (Fsp3) is 1.00. The predicted octanol–water partition coefficient (Wildman–Crippen LogP) is 2.07. The van der Waals surface area contributed by atoms with E-state index in [1.807, 2.05) is 0 Å². The fourth-order valence-electron chi connectivity index (χ4n) is 4.58. The molecule has 1 unspecified atom stereocenters. The molecule has 1 atom stereocenters. The molecule has 0 aromatic heterocycles. The van der Waals surface area contributed by atoms with Gasteiger partial charge in [-0.05, 0) is 44.2 Å². The van der Waals surface area contributed by atoms with Gasteiger partial charge in [0.1, 0.15) is 0 Å². The largest absolute Gasteiger partial charge is 0.330 e. The lowest BCUT2D eigenvalue weighted by molar-refractivity contribution is 0.0601. The molecule has 3 rings (SSSR count). The van der Waals surface area contributed by atoms with Crippen LogP contribution in [0.25, 0.3) is 0 Å². The van der Waals surface area contributed by atoms with E-state index < -0.39 is 0 Å². The zero-order valence-corrected chi connectivity index (χ0v) is 12.4. The van der Waals surface area contributed by atoms with Gasteiger partial charge in [-0.15, -0.1) is 0 Å². The van der Waals surface area contributed by atoms with E-state index in [0.29, 0.717) is 5.41 Å². The predicted molar refractivity (Wildman–Crippen MR) is 80.2 cm³/mol. The quantitative estimate of drug-likeness (QED) is 0.793. The normalized spacial score (nSPS) is 33.0. The van der Waals surface area contributed by atoms with Gasteiger partial charge in [0.2, 0.25) is 0 Å². The molecule has 2 aliphatic heterocycles. The first kappa shape index (κ1) is 13.8. The van der Waals surface area contributed by atoms with E-state index >= 15 is 0 Å². The van der Waals surface area contributed by atoms with Crippen LogP contribution in [0.15, 0.2) is 0 Å². The number of fused-ring (bicyclic) bond motifs is 1. The topological polar surface area (TPSA) is 32.5 Å². The standard InChI is InChI=1S/C16H31N3/c17-13-16(7-3-1-2-4-8-16)14-18-10-11-19-9-5-6-15(19)12-18/h15H,1-14,17H2. The smallest absolute Gasteiger partial charge is 0.0224 e. The molecule has 0 aromatic carbocycles. The molecule has 2 heterocycles. The number of hydrogen-bond acceptors (Lipinski definition) is 3. The molecule has 110 valence electrons. The van der Waals surface area contributed by atoms with Crippen molar-refractivity contribution in [1.29, 1.82) is 0 Å². The van der Waals surface area contributed by atoms with Gasteiger partial charge in [0.25, 0.3) is 0 Å². The summed E-state index contributed by atoms with van der Waals surface area (Å²) in [6, 6.07) is 0.856. The monoisotopic (exact) mass is 265 g/mol. The van der Waals surface area contributed by atoms with Crippen LogP contribution in [-0.4, -0.2) is 55.1 Å². The van der Waals surface area contributed by atoms with Gasteiger partial charge in [0.15, 0.2) is 0 Å². The molecule has 0 bridgehead atoms. The molecule has 1 saturated carbocycles. The molecule has 0 amide bonds. The highest BCUT2D eigenvalue weighted by Crippen LogP contribution is 2.35. The van der Waals surface area contributed by atoms with Crippen LogP contribution in [0.5, 0.6) is 0 Å². The Morgan fingerprint density at radius 1 is 0.947 bits per heavy atom. The van der Waals surface area contributed by atoms with E-state index in [1.165, 1.54) is 84.1 Å². The van der Waals surface area contributed by atoms with E-state index in [2.05, 4.69) is 9.80 Å². The van der Waals surface area contributed by atoms with Crippen LogP contribution in [0.4, 0.5) is 0 Å². The lowest BCUT2D eigenvalue weighted by Crippen LogP contribution is -2.53. The summed E-state index contributed by atoms with van der Waals surface area (Å²) in [7, 11) is 0. The SMILES string of the molecule is NCC1(CN2CCN3CCCC3C2)CCCCCC1. The lowest BCUT2D eigenvalue weighted by Gasteiger charge is -2.43. The Labute approximate surface area is 118 Å². The van der Waals surface area contributed by atoms with Crippen LogP contribution in [0.1, 0.15) is 51.4 Å². The minimum Gasteiger partial charge on any atom is -0.330 e. The van der Waals surface area contributed by atoms with Crippen LogP contribution in [-0.2, 0) is 0 Å². The van der Waals surface area contributed by atoms with Crippen LogP contribution < -0.4 is 5.73 Å². The van der Waals surface area contributed by atoms with Gasteiger partial charge in [-0.3, -0.25) is 9.80 Å². The molecule has 3 heteroatoms. The number of piperazine rings is 1. The molecule has 19 heavy (non-hydrogen) atoms. The summed E-state index contributed by atoms with van der Waals surface area (Å²) < 4.78 is 0. The van der Waals surface area contributed by atoms with Crippen LogP contribution in [0, 0.1) is 5.41 Å². The second kappa shape index (κ2) is 6.11. The van der Waals surface area contributed by atoms with Crippen LogP contribution in [0.2, 0.25) is 0 Å². The van der Waals surface area contributed by atoms with Gasteiger partial charge >= 0.3 is 0 Å². The molecular formula is C16H31N3. The van der Waals surface area contributed by atoms with E-state index in [-0.39, 0.29) is 0 Å². The van der Waals surface area contributed by atoms with E-state index in [9.17, 15) is 0 Å². The maximum atomic E-state index is 6.19. The lowest BCUT2D eigenvalue weighted by atomic mass is 9.79. The first-order valence-electron chi connectivity index (χ1n) is 8.48. The summed E-state index contributed by atoms with van der Waals surface area (Å²) in [6.45, 7) is 7.40. The van der Waals surface area contributed by atoms with Crippen molar-refractivity contribution in [2.24, 2.45) is 11.1 Å². The van der Waals surface area contributed by atoms with Gasteiger partial charge < -0.3 is 5.73 Å². The number of nitrogens with zero attached hydrogens (tertiary/aromatic N) is 2. The average molecular weight is 265 g/mol.